The second-order valence-electron chi connectivity index (χ2n) is 8.33. The number of rotatable bonds is 2. The van der Waals surface area contributed by atoms with Gasteiger partial charge < -0.3 is 0 Å². The average molecular weight is 335 g/mol. The van der Waals surface area contributed by atoms with E-state index in [1.54, 1.807) is 11.3 Å². The molecule has 122 valence electrons. The van der Waals surface area contributed by atoms with Gasteiger partial charge in [-0.15, -0.1) is 11.3 Å². The molecule has 0 N–H and O–H groups in total. The van der Waals surface area contributed by atoms with Crippen molar-refractivity contribution in [2.45, 2.75) is 43.9 Å². The Hall–Kier alpha value is -1.68. The van der Waals surface area contributed by atoms with Crippen LogP contribution in [0.4, 0.5) is 0 Å². The minimum Gasteiger partial charge on any atom is -0.290 e. The summed E-state index contributed by atoms with van der Waals surface area (Å²) in [6, 6.07) is 4.18. The number of fused-ring (bicyclic) bond motifs is 1. The molecular weight excluding hydrogens is 314 g/mol. The van der Waals surface area contributed by atoms with Crippen LogP contribution in [0.25, 0.3) is 16.2 Å². The Kier molecular flexibility index (Phi) is 2.66. The first-order chi connectivity index (χ1) is 11.8. The third kappa shape index (κ3) is 1.83. The van der Waals surface area contributed by atoms with Gasteiger partial charge in [-0.2, -0.15) is 0 Å². The molecule has 4 aliphatic carbocycles. The molecule has 3 nitrogen and oxygen atoms in total. The Morgan fingerprint density at radius 2 is 1.67 bits per heavy atom. The highest BCUT2D eigenvalue weighted by Gasteiger charge is 2.52. The molecule has 0 radical (unpaired) electrons. The lowest BCUT2D eigenvalue weighted by Gasteiger charge is -2.56. The molecule has 0 aliphatic heterocycles. The molecule has 3 aromatic rings. The summed E-state index contributed by atoms with van der Waals surface area (Å²) in [5.74, 6) is 2.90. The van der Waals surface area contributed by atoms with E-state index in [0.29, 0.717) is 5.41 Å². The van der Waals surface area contributed by atoms with Gasteiger partial charge >= 0.3 is 0 Å². The molecule has 24 heavy (non-hydrogen) atoms. The van der Waals surface area contributed by atoms with E-state index in [4.69, 9.17) is 4.98 Å². The second-order valence-corrected chi connectivity index (χ2v) is 9.17. The van der Waals surface area contributed by atoms with Crippen LogP contribution in [0, 0.1) is 17.8 Å². The van der Waals surface area contributed by atoms with Gasteiger partial charge in [-0.25, -0.2) is 4.98 Å². The summed E-state index contributed by atoms with van der Waals surface area (Å²) in [6.45, 7) is 0. The van der Waals surface area contributed by atoms with E-state index in [0.717, 1.165) is 22.7 Å². The van der Waals surface area contributed by atoms with Crippen molar-refractivity contribution in [2.75, 3.05) is 0 Å². The second kappa shape index (κ2) is 4.69. The number of thiazole rings is 1. The highest BCUT2D eigenvalue weighted by Crippen LogP contribution is 2.60. The number of nitrogens with zero attached hydrogens (tertiary/aromatic N) is 3. The predicted molar refractivity (Wildman–Crippen MR) is 96.2 cm³/mol. The quantitative estimate of drug-likeness (QED) is 0.665. The van der Waals surface area contributed by atoms with Crippen molar-refractivity contribution in [1.82, 2.24) is 14.4 Å². The topological polar surface area (TPSA) is 30.2 Å². The fraction of sp³-hybridized carbons (Fsp3) is 0.500. The molecule has 4 fully saturated rings. The molecule has 0 saturated heterocycles. The van der Waals surface area contributed by atoms with Crippen LogP contribution < -0.4 is 0 Å². The molecule has 0 unspecified atom stereocenters. The lowest BCUT2D eigenvalue weighted by Crippen LogP contribution is -2.48. The normalized spacial score (nSPS) is 34.2. The Morgan fingerprint density at radius 1 is 1.00 bits per heavy atom. The molecule has 0 amide bonds. The minimum absolute atomic E-state index is 0.385. The number of hydrogen-bond donors (Lipinski definition) is 0. The smallest absolute Gasteiger partial charge is 0.194 e. The molecule has 0 spiro atoms. The van der Waals surface area contributed by atoms with E-state index in [1.807, 2.05) is 12.4 Å². The number of hydrogen-bond acceptors (Lipinski definition) is 3. The maximum absolute atomic E-state index is 5.11. The van der Waals surface area contributed by atoms with Gasteiger partial charge in [-0.3, -0.25) is 9.38 Å². The van der Waals surface area contributed by atoms with Crippen LogP contribution >= 0.6 is 11.3 Å². The predicted octanol–water partition coefficient (Wildman–Crippen LogP) is 4.93. The zero-order valence-corrected chi connectivity index (χ0v) is 14.5. The zero-order valence-electron chi connectivity index (χ0n) is 13.7. The van der Waals surface area contributed by atoms with E-state index in [9.17, 15) is 0 Å². The fourth-order valence-corrected chi connectivity index (χ4v) is 7.08. The van der Waals surface area contributed by atoms with Crippen molar-refractivity contribution in [3.8, 4) is 11.3 Å². The zero-order chi connectivity index (χ0) is 15.7. The Morgan fingerprint density at radius 3 is 2.33 bits per heavy atom. The molecule has 4 saturated carbocycles. The monoisotopic (exact) mass is 335 g/mol. The van der Waals surface area contributed by atoms with E-state index in [-0.39, 0.29) is 0 Å². The van der Waals surface area contributed by atoms with Crippen molar-refractivity contribution < 1.29 is 0 Å². The van der Waals surface area contributed by atoms with Gasteiger partial charge in [0.2, 0.25) is 0 Å². The number of imidazole rings is 1. The average Bonchev–Trinajstić information content (AvgIpc) is 3.15. The molecule has 0 aromatic carbocycles. The van der Waals surface area contributed by atoms with Crippen LogP contribution in [0.5, 0.6) is 0 Å². The van der Waals surface area contributed by atoms with Crippen molar-refractivity contribution in [3.05, 3.63) is 41.8 Å². The SMILES string of the molecule is c1cc(-c2csc3nc(C45CC6CC(CC(C6)C4)C5)cn23)ccn1. The summed E-state index contributed by atoms with van der Waals surface area (Å²) in [5, 5.41) is 2.22. The molecule has 4 aliphatic rings. The largest absolute Gasteiger partial charge is 0.290 e. The maximum atomic E-state index is 5.11. The third-order valence-electron chi connectivity index (χ3n) is 6.77. The standard InChI is InChI=1S/C20H21N3S/c1-3-21-4-2-16(1)17-12-24-19-22-18(11-23(17)19)20-8-13-5-14(9-20)7-15(6-13)10-20/h1-4,11-15H,5-10H2. The summed E-state index contributed by atoms with van der Waals surface area (Å²) in [5.41, 5.74) is 4.24. The van der Waals surface area contributed by atoms with Crippen LogP contribution in [0.3, 0.4) is 0 Å². The van der Waals surface area contributed by atoms with E-state index in [2.05, 4.69) is 33.1 Å². The van der Waals surface area contributed by atoms with Gasteiger partial charge in [0, 0.05) is 34.9 Å². The van der Waals surface area contributed by atoms with E-state index in [1.165, 1.54) is 55.5 Å². The number of pyridine rings is 1. The van der Waals surface area contributed by atoms with E-state index >= 15 is 0 Å². The Labute approximate surface area is 145 Å². The van der Waals surface area contributed by atoms with Crippen LogP contribution in [0.1, 0.15) is 44.2 Å². The Bertz CT molecular complexity index is 872. The minimum atomic E-state index is 0.385. The third-order valence-corrected chi connectivity index (χ3v) is 7.61. The molecule has 3 aromatic heterocycles. The van der Waals surface area contributed by atoms with Gasteiger partial charge in [-0.1, -0.05) is 0 Å². The highest BCUT2D eigenvalue weighted by atomic mass is 32.1. The first-order valence-corrected chi connectivity index (χ1v) is 10.0. The highest BCUT2D eigenvalue weighted by molar-refractivity contribution is 7.15. The van der Waals surface area contributed by atoms with Crippen molar-refractivity contribution in [3.63, 3.8) is 0 Å². The van der Waals surface area contributed by atoms with Crippen LogP contribution in [-0.2, 0) is 5.41 Å². The lowest BCUT2D eigenvalue weighted by molar-refractivity contribution is -0.00696. The summed E-state index contributed by atoms with van der Waals surface area (Å²) in [4.78, 5) is 10.4. The van der Waals surface area contributed by atoms with Crippen molar-refractivity contribution in [1.29, 1.82) is 0 Å². The van der Waals surface area contributed by atoms with Crippen LogP contribution in [-0.4, -0.2) is 14.4 Å². The Balaban J connectivity index is 1.47. The van der Waals surface area contributed by atoms with Gasteiger partial charge in [-0.05, 0) is 68.4 Å². The fourth-order valence-electron chi connectivity index (χ4n) is 6.19. The molecular formula is C20H21N3S. The van der Waals surface area contributed by atoms with Gasteiger partial charge in [0.05, 0.1) is 11.4 Å². The maximum Gasteiger partial charge on any atom is 0.194 e. The van der Waals surface area contributed by atoms with Gasteiger partial charge in [0.15, 0.2) is 4.96 Å². The first kappa shape index (κ1) is 13.6. The molecule has 0 atom stereocenters. The molecule has 7 rings (SSSR count). The van der Waals surface area contributed by atoms with Crippen molar-refractivity contribution in [2.24, 2.45) is 17.8 Å². The summed E-state index contributed by atoms with van der Waals surface area (Å²) in [6.07, 6.45) is 14.7. The summed E-state index contributed by atoms with van der Waals surface area (Å²) in [7, 11) is 0. The summed E-state index contributed by atoms with van der Waals surface area (Å²) < 4.78 is 2.31. The van der Waals surface area contributed by atoms with Crippen molar-refractivity contribution >= 4 is 16.3 Å². The van der Waals surface area contributed by atoms with Crippen LogP contribution in [0.15, 0.2) is 36.1 Å². The summed E-state index contributed by atoms with van der Waals surface area (Å²) >= 11 is 1.77. The van der Waals surface area contributed by atoms with Crippen LogP contribution in [0.2, 0.25) is 0 Å². The molecule has 3 heterocycles. The first-order valence-electron chi connectivity index (χ1n) is 9.17. The molecule has 4 bridgehead atoms. The van der Waals surface area contributed by atoms with E-state index < -0.39 is 0 Å². The lowest BCUT2D eigenvalue weighted by atomic mass is 9.49. The van der Waals surface area contributed by atoms with Gasteiger partial charge in [0.25, 0.3) is 0 Å². The molecule has 4 heteroatoms. The van der Waals surface area contributed by atoms with Gasteiger partial charge in [0.1, 0.15) is 0 Å². The number of aromatic nitrogens is 3.